The number of hydrogen-bond donors (Lipinski definition) is 2. The molecule has 0 aliphatic rings. The smallest absolute Gasteiger partial charge is 0.239 e. The summed E-state index contributed by atoms with van der Waals surface area (Å²) in [6.45, 7) is 6.05. The molecule has 0 fully saturated rings. The van der Waals surface area contributed by atoms with Crippen LogP contribution in [-0.4, -0.2) is 24.4 Å². The summed E-state index contributed by atoms with van der Waals surface area (Å²) in [7, 11) is 0. The van der Waals surface area contributed by atoms with Crippen LogP contribution in [0.15, 0.2) is 0 Å². The van der Waals surface area contributed by atoms with E-state index in [0.717, 1.165) is 12.8 Å². The lowest BCUT2D eigenvalue weighted by molar-refractivity contribution is -0.126. The van der Waals surface area contributed by atoms with Crippen LogP contribution in [0.3, 0.4) is 0 Å². The van der Waals surface area contributed by atoms with E-state index in [1.165, 1.54) is 19.3 Å². The van der Waals surface area contributed by atoms with Gasteiger partial charge in [-0.3, -0.25) is 9.59 Å². The normalized spacial score (nSPS) is 10.4. The Morgan fingerprint density at radius 1 is 1.00 bits per heavy atom. The Kier molecular flexibility index (Phi) is 9.49. The summed E-state index contributed by atoms with van der Waals surface area (Å²) in [6.07, 6.45) is 6.17. The van der Waals surface area contributed by atoms with Crippen LogP contribution in [-0.2, 0) is 9.59 Å². The van der Waals surface area contributed by atoms with Gasteiger partial charge in [-0.1, -0.05) is 32.6 Å². The van der Waals surface area contributed by atoms with Gasteiger partial charge in [-0.15, -0.1) is 0 Å². The highest BCUT2D eigenvalue weighted by molar-refractivity contribution is 5.84. The van der Waals surface area contributed by atoms with E-state index >= 15 is 0 Å². The number of carbonyl (C=O) groups is 2. The minimum Gasteiger partial charge on any atom is -0.352 e. The number of carbonyl (C=O) groups excluding carboxylic acids is 2. The molecule has 0 aliphatic heterocycles. The van der Waals surface area contributed by atoms with Gasteiger partial charge >= 0.3 is 0 Å². The van der Waals surface area contributed by atoms with Crippen LogP contribution >= 0.6 is 0 Å². The second-order valence-corrected chi connectivity index (χ2v) is 4.66. The molecule has 4 heteroatoms. The van der Waals surface area contributed by atoms with E-state index in [1.807, 2.05) is 13.8 Å². The van der Waals surface area contributed by atoms with Crippen molar-refractivity contribution in [2.75, 3.05) is 6.54 Å². The van der Waals surface area contributed by atoms with E-state index < -0.39 is 0 Å². The third-order valence-corrected chi connectivity index (χ3v) is 2.40. The molecule has 2 N–H and O–H groups in total. The van der Waals surface area contributed by atoms with E-state index in [4.69, 9.17) is 0 Å². The van der Waals surface area contributed by atoms with Gasteiger partial charge in [0.2, 0.25) is 11.8 Å². The zero-order chi connectivity index (χ0) is 13.1. The maximum absolute atomic E-state index is 11.4. The molecule has 0 rings (SSSR count). The molecule has 0 saturated carbocycles. The molecule has 0 aliphatic carbocycles. The standard InChI is InChI=1S/C13H26N2O2/c1-4-5-6-7-8-9-12(16)14-10-13(17)15-11(2)3/h11H,4-10H2,1-3H3,(H,14,16)(H,15,17). The number of unbranched alkanes of at least 4 members (excludes halogenated alkanes) is 4. The zero-order valence-corrected chi connectivity index (χ0v) is 11.3. The van der Waals surface area contributed by atoms with E-state index in [1.54, 1.807) is 0 Å². The molecule has 0 saturated heterocycles. The summed E-state index contributed by atoms with van der Waals surface area (Å²) in [4.78, 5) is 22.6. The first-order chi connectivity index (χ1) is 8.06. The van der Waals surface area contributed by atoms with Crippen LogP contribution in [0, 0.1) is 0 Å². The average Bonchev–Trinajstić information content (AvgIpc) is 2.25. The Bertz CT molecular complexity index is 227. The monoisotopic (exact) mass is 242 g/mol. The molecule has 2 amide bonds. The summed E-state index contributed by atoms with van der Waals surface area (Å²) < 4.78 is 0. The van der Waals surface area contributed by atoms with Gasteiger partial charge in [0.15, 0.2) is 0 Å². The lowest BCUT2D eigenvalue weighted by Gasteiger charge is -2.09. The Morgan fingerprint density at radius 3 is 2.24 bits per heavy atom. The predicted octanol–water partition coefficient (Wildman–Crippen LogP) is 1.99. The summed E-state index contributed by atoms with van der Waals surface area (Å²) in [5.74, 6) is -0.153. The topological polar surface area (TPSA) is 58.2 Å². The largest absolute Gasteiger partial charge is 0.352 e. The summed E-state index contributed by atoms with van der Waals surface area (Å²) in [5.41, 5.74) is 0. The fraction of sp³-hybridized carbons (Fsp3) is 0.846. The molecule has 0 bridgehead atoms. The van der Waals surface area contributed by atoms with Gasteiger partial charge in [0.05, 0.1) is 6.54 Å². The second kappa shape index (κ2) is 10.1. The SMILES string of the molecule is CCCCCCCC(=O)NCC(=O)NC(C)C. The third kappa shape index (κ3) is 11.2. The molecular weight excluding hydrogens is 216 g/mol. The molecule has 17 heavy (non-hydrogen) atoms. The number of rotatable bonds is 9. The third-order valence-electron chi connectivity index (χ3n) is 2.40. The summed E-state index contributed by atoms with van der Waals surface area (Å²) in [6, 6.07) is 0.119. The Hall–Kier alpha value is -1.06. The molecule has 0 aromatic rings. The molecule has 0 atom stereocenters. The molecule has 100 valence electrons. The maximum Gasteiger partial charge on any atom is 0.239 e. The fourth-order valence-electron chi connectivity index (χ4n) is 1.53. The van der Waals surface area contributed by atoms with Crippen LogP contribution in [0.5, 0.6) is 0 Å². The molecule has 0 radical (unpaired) electrons. The van der Waals surface area contributed by atoms with Crippen molar-refractivity contribution in [2.45, 2.75) is 65.3 Å². The van der Waals surface area contributed by atoms with Crippen LogP contribution in [0.2, 0.25) is 0 Å². The molecule has 0 spiro atoms. The van der Waals surface area contributed by atoms with Crippen molar-refractivity contribution in [3.05, 3.63) is 0 Å². The van der Waals surface area contributed by atoms with Gasteiger partial charge < -0.3 is 10.6 Å². The average molecular weight is 242 g/mol. The molecule has 0 aromatic heterocycles. The van der Waals surface area contributed by atoms with E-state index in [9.17, 15) is 9.59 Å². The maximum atomic E-state index is 11.4. The first-order valence-electron chi connectivity index (χ1n) is 6.62. The van der Waals surface area contributed by atoms with Gasteiger partial charge in [-0.2, -0.15) is 0 Å². The van der Waals surface area contributed by atoms with Gasteiger partial charge in [0.1, 0.15) is 0 Å². The first-order valence-corrected chi connectivity index (χ1v) is 6.62. The van der Waals surface area contributed by atoms with Gasteiger partial charge in [-0.25, -0.2) is 0 Å². The number of hydrogen-bond acceptors (Lipinski definition) is 2. The van der Waals surface area contributed by atoms with Crippen molar-refractivity contribution in [1.29, 1.82) is 0 Å². The highest BCUT2D eigenvalue weighted by Crippen LogP contribution is 2.04. The Morgan fingerprint density at radius 2 is 1.65 bits per heavy atom. The zero-order valence-electron chi connectivity index (χ0n) is 11.3. The number of nitrogens with one attached hydrogen (secondary N) is 2. The van der Waals surface area contributed by atoms with Crippen molar-refractivity contribution in [3.63, 3.8) is 0 Å². The fourth-order valence-corrected chi connectivity index (χ4v) is 1.53. The van der Waals surface area contributed by atoms with Crippen LogP contribution in [0.4, 0.5) is 0 Å². The van der Waals surface area contributed by atoms with Crippen LogP contribution in [0.1, 0.15) is 59.3 Å². The van der Waals surface area contributed by atoms with Crippen molar-refractivity contribution >= 4 is 11.8 Å². The van der Waals surface area contributed by atoms with Gasteiger partial charge in [0, 0.05) is 12.5 Å². The van der Waals surface area contributed by atoms with Crippen molar-refractivity contribution in [3.8, 4) is 0 Å². The second-order valence-electron chi connectivity index (χ2n) is 4.66. The molecule has 0 unspecified atom stereocenters. The molecule has 0 heterocycles. The van der Waals surface area contributed by atoms with Gasteiger partial charge in [0.25, 0.3) is 0 Å². The Labute approximate surface area is 105 Å². The predicted molar refractivity (Wildman–Crippen MR) is 69.7 cm³/mol. The molecule has 4 nitrogen and oxygen atoms in total. The highest BCUT2D eigenvalue weighted by Gasteiger charge is 2.05. The van der Waals surface area contributed by atoms with E-state index in [2.05, 4.69) is 17.6 Å². The number of amides is 2. The minimum absolute atomic E-state index is 0.0274. The summed E-state index contributed by atoms with van der Waals surface area (Å²) >= 11 is 0. The molecular formula is C13H26N2O2. The van der Waals surface area contributed by atoms with Crippen molar-refractivity contribution < 1.29 is 9.59 Å². The highest BCUT2D eigenvalue weighted by atomic mass is 16.2. The lowest BCUT2D eigenvalue weighted by Crippen LogP contribution is -2.39. The molecule has 0 aromatic carbocycles. The minimum atomic E-state index is -0.126. The van der Waals surface area contributed by atoms with Gasteiger partial charge in [-0.05, 0) is 20.3 Å². The van der Waals surface area contributed by atoms with Crippen LogP contribution < -0.4 is 10.6 Å². The van der Waals surface area contributed by atoms with Crippen molar-refractivity contribution in [1.82, 2.24) is 10.6 Å². The quantitative estimate of drug-likeness (QED) is 0.607. The lowest BCUT2D eigenvalue weighted by atomic mass is 10.1. The van der Waals surface area contributed by atoms with E-state index in [0.29, 0.717) is 6.42 Å². The Balaban J connectivity index is 3.43. The first kappa shape index (κ1) is 15.9. The summed E-state index contributed by atoms with van der Waals surface area (Å²) in [5, 5.41) is 5.36. The van der Waals surface area contributed by atoms with Crippen LogP contribution in [0.25, 0.3) is 0 Å². The van der Waals surface area contributed by atoms with E-state index in [-0.39, 0.29) is 24.4 Å². The van der Waals surface area contributed by atoms with Crippen molar-refractivity contribution in [2.24, 2.45) is 0 Å².